The standard InChI is InChI=1S/C40H38N2S/c1-24(2)28-16-18-37-33(20-28)34-21-29(17-19-38(34)43-37)40-41-35-14-10-11-15-36(35)42(40)39-31(25(3)4)22-30(23-32(39)26(5)6)27-12-8-7-9-13-27/h7-26H,1-6H3. The Balaban J connectivity index is 1.53. The molecule has 0 aliphatic carbocycles. The number of hydrogen-bond donors (Lipinski definition) is 0. The van der Waals surface area contributed by atoms with Crippen molar-refractivity contribution in [1.82, 2.24) is 9.55 Å². The predicted molar refractivity (Wildman–Crippen MR) is 187 cm³/mol. The maximum Gasteiger partial charge on any atom is 0.145 e. The van der Waals surface area contributed by atoms with Crippen LogP contribution in [0.4, 0.5) is 0 Å². The van der Waals surface area contributed by atoms with Crippen molar-refractivity contribution in [2.75, 3.05) is 0 Å². The number of aromatic nitrogens is 2. The molecule has 0 saturated heterocycles. The van der Waals surface area contributed by atoms with Crippen LogP contribution in [0.2, 0.25) is 0 Å². The molecule has 0 fully saturated rings. The van der Waals surface area contributed by atoms with Gasteiger partial charge in [-0.1, -0.05) is 90.1 Å². The summed E-state index contributed by atoms with van der Waals surface area (Å²) in [5.74, 6) is 2.17. The molecule has 0 aliphatic rings. The van der Waals surface area contributed by atoms with Crippen molar-refractivity contribution in [3.63, 3.8) is 0 Å². The van der Waals surface area contributed by atoms with E-state index in [2.05, 4.69) is 149 Å². The highest BCUT2D eigenvalue weighted by molar-refractivity contribution is 7.25. The zero-order chi connectivity index (χ0) is 29.8. The molecule has 43 heavy (non-hydrogen) atoms. The molecule has 0 unspecified atom stereocenters. The first-order valence-corrected chi connectivity index (χ1v) is 16.3. The second kappa shape index (κ2) is 10.8. The van der Waals surface area contributed by atoms with E-state index < -0.39 is 0 Å². The van der Waals surface area contributed by atoms with Crippen molar-refractivity contribution < 1.29 is 0 Å². The van der Waals surface area contributed by atoms with Gasteiger partial charge in [0, 0.05) is 25.7 Å². The lowest BCUT2D eigenvalue weighted by Gasteiger charge is -2.24. The molecule has 0 saturated carbocycles. The van der Waals surface area contributed by atoms with Crippen LogP contribution in [0.3, 0.4) is 0 Å². The van der Waals surface area contributed by atoms with Crippen LogP contribution in [0.25, 0.3) is 59.4 Å². The summed E-state index contributed by atoms with van der Waals surface area (Å²) in [5, 5.41) is 2.65. The number of benzene rings is 5. The fourth-order valence-electron chi connectivity index (χ4n) is 6.35. The van der Waals surface area contributed by atoms with Crippen molar-refractivity contribution in [3.8, 4) is 28.2 Å². The Kier molecular flexibility index (Phi) is 6.94. The first-order chi connectivity index (χ1) is 20.8. The van der Waals surface area contributed by atoms with Crippen molar-refractivity contribution in [3.05, 3.63) is 120 Å². The van der Waals surface area contributed by atoms with Gasteiger partial charge in [-0.05, 0) is 100 Å². The van der Waals surface area contributed by atoms with E-state index in [1.807, 2.05) is 11.3 Å². The quantitative estimate of drug-likeness (QED) is 0.192. The average Bonchev–Trinajstić information content (AvgIpc) is 3.58. The first kappa shape index (κ1) is 27.6. The average molecular weight is 579 g/mol. The molecule has 0 bridgehead atoms. The van der Waals surface area contributed by atoms with E-state index in [4.69, 9.17) is 4.98 Å². The summed E-state index contributed by atoms with van der Waals surface area (Å²) in [6.07, 6.45) is 0. The van der Waals surface area contributed by atoms with Crippen LogP contribution >= 0.6 is 11.3 Å². The Hall–Kier alpha value is -4.21. The normalized spacial score (nSPS) is 12.1. The molecule has 2 aromatic heterocycles. The molecule has 214 valence electrons. The number of imidazole rings is 1. The van der Waals surface area contributed by atoms with Gasteiger partial charge in [-0.3, -0.25) is 4.57 Å². The highest BCUT2D eigenvalue weighted by Gasteiger charge is 2.24. The van der Waals surface area contributed by atoms with Crippen molar-refractivity contribution in [2.24, 2.45) is 0 Å². The van der Waals surface area contributed by atoms with Gasteiger partial charge in [-0.25, -0.2) is 4.98 Å². The van der Waals surface area contributed by atoms with E-state index >= 15 is 0 Å². The van der Waals surface area contributed by atoms with Crippen LogP contribution in [0, 0.1) is 0 Å². The number of rotatable bonds is 6. The number of para-hydroxylation sites is 2. The van der Waals surface area contributed by atoms with Crippen molar-refractivity contribution >= 4 is 42.5 Å². The molecule has 0 N–H and O–H groups in total. The first-order valence-electron chi connectivity index (χ1n) is 15.5. The molecule has 2 nitrogen and oxygen atoms in total. The van der Waals surface area contributed by atoms with Crippen LogP contribution in [-0.4, -0.2) is 9.55 Å². The Morgan fingerprint density at radius 3 is 1.86 bits per heavy atom. The molecule has 0 aliphatic heterocycles. The van der Waals surface area contributed by atoms with Gasteiger partial charge in [0.25, 0.3) is 0 Å². The summed E-state index contributed by atoms with van der Waals surface area (Å²) in [4.78, 5) is 5.32. The van der Waals surface area contributed by atoms with Gasteiger partial charge >= 0.3 is 0 Å². The minimum absolute atomic E-state index is 0.336. The highest BCUT2D eigenvalue weighted by Crippen LogP contribution is 2.42. The molecule has 2 heterocycles. The van der Waals surface area contributed by atoms with Gasteiger partial charge in [-0.2, -0.15) is 0 Å². The number of thiophene rings is 1. The lowest BCUT2D eigenvalue weighted by atomic mass is 9.88. The molecule has 7 rings (SSSR count). The number of nitrogens with zero attached hydrogens (tertiary/aromatic N) is 2. The molecule has 0 radical (unpaired) electrons. The molecular formula is C40H38N2S. The van der Waals surface area contributed by atoms with E-state index in [1.54, 1.807) is 0 Å². The lowest BCUT2D eigenvalue weighted by molar-refractivity contribution is 0.811. The van der Waals surface area contributed by atoms with Crippen LogP contribution in [0.1, 0.15) is 76.0 Å². The summed E-state index contributed by atoms with van der Waals surface area (Å²) in [6, 6.07) is 38.1. The summed E-state index contributed by atoms with van der Waals surface area (Å²) < 4.78 is 5.11. The molecule has 0 atom stereocenters. The molecular weight excluding hydrogens is 541 g/mol. The summed E-state index contributed by atoms with van der Waals surface area (Å²) in [6.45, 7) is 13.8. The number of hydrogen-bond acceptors (Lipinski definition) is 2. The zero-order valence-electron chi connectivity index (χ0n) is 25.8. The van der Waals surface area contributed by atoms with E-state index in [0.29, 0.717) is 17.8 Å². The predicted octanol–water partition coefficient (Wildman–Crippen LogP) is 12.1. The van der Waals surface area contributed by atoms with E-state index in [-0.39, 0.29) is 0 Å². The maximum atomic E-state index is 5.32. The van der Waals surface area contributed by atoms with Crippen LogP contribution in [0.15, 0.2) is 103 Å². The third-order valence-electron chi connectivity index (χ3n) is 8.72. The second-order valence-corrected chi connectivity index (χ2v) is 13.7. The molecule has 5 aromatic carbocycles. The summed E-state index contributed by atoms with van der Waals surface area (Å²) >= 11 is 1.88. The minimum atomic E-state index is 0.336. The maximum absolute atomic E-state index is 5.32. The van der Waals surface area contributed by atoms with Crippen LogP contribution in [0.5, 0.6) is 0 Å². The Bertz CT molecular complexity index is 2080. The van der Waals surface area contributed by atoms with Crippen LogP contribution < -0.4 is 0 Å². The highest BCUT2D eigenvalue weighted by atomic mass is 32.1. The third-order valence-corrected chi connectivity index (χ3v) is 9.87. The van der Waals surface area contributed by atoms with Gasteiger partial charge in [0.15, 0.2) is 0 Å². The largest absolute Gasteiger partial charge is 0.292 e. The van der Waals surface area contributed by atoms with E-state index in [9.17, 15) is 0 Å². The Morgan fingerprint density at radius 1 is 0.558 bits per heavy atom. The summed E-state index contributed by atoms with van der Waals surface area (Å²) in [5.41, 5.74) is 11.2. The SMILES string of the molecule is CC(C)c1ccc2sc3ccc(-c4nc5ccccc5n4-c4c(C(C)C)cc(-c5ccccc5)cc4C(C)C)cc3c2c1. The fourth-order valence-corrected chi connectivity index (χ4v) is 7.42. The summed E-state index contributed by atoms with van der Waals surface area (Å²) in [7, 11) is 0. The van der Waals surface area contributed by atoms with Gasteiger partial charge in [0.1, 0.15) is 5.82 Å². The monoisotopic (exact) mass is 578 g/mol. The molecule has 0 amide bonds. The van der Waals surface area contributed by atoms with Gasteiger partial charge < -0.3 is 0 Å². The fraction of sp³-hybridized carbons (Fsp3) is 0.225. The lowest BCUT2D eigenvalue weighted by Crippen LogP contribution is -2.09. The van der Waals surface area contributed by atoms with E-state index in [0.717, 1.165) is 22.4 Å². The Morgan fingerprint density at radius 2 is 1.19 bits per heavy atom. The van der Waals surface area contributed by atoms with Crippen molar-refractivity contribution in [2.45, 2.75) is 59.3 Å². The second-order valence-electron chi connectivity index (χ2n) is 12.7. The smallest absolute Gasteiger partial charge is 0.145 e. The van der Waals surface area contributed by atoms with Gasteiger partial charge in [-0.15, -0.1) is 11.3 Å². The topological polar surface area (TPSA) is 17.8 Å². The molecule has 0 spiro atoms. The Labute approximate surface area is 258 Å². The van der Waals surface area contributed by atoms with Gasteiger partial charge in [0.05, 0.1) is 16.7 Å². The zero-order valence-corrected chi connectivity index (χ0v) is 26.7. The number of fused-ring (bicyclic) bond motifs is 4. The van der Waals surface area contributed by atoms with E-state index in [1.165, 1.54) is 53.7 Å². The van der Waals surface area contributed by atoms with Gasteiger partial charge in [0.2, 0.25) is 0 Å². The minimum Gasteiger partial charge on any atom is -0.292 e. The van der Waals surface area contributed by atoms with Crippen LogP contribution in [-0.2, 0) is 0 Å². The molecule has 7 aromatic rings. The molecule has 3 heteroatoms. The van der Waals surface area contributed by atoms with Crippen molar-refractivity contribution in [1.29, 1.82) is 0 Å². The third kappa shape index (κ3) is 4.77.